The van der Waals surface area contributed by atoms with Crippen molar-refractivity contribution in [2.75, 3.05) is 13.2 Å². The van der Waals surface area contributed by atoms with E-state index in [0.29, 0.717) is 6.42 Å². The van der Waals surface area contributed by atoms with Gasteiger partial charge in [0.25, 0.3) is 5.67 Å². The van der Waals surface area contributed by atoms with Gasteiger partial charge in [-0.2, -0.15) is 0 Å². The predicted molar refractivity (Wildman–Crippen MR) is 59.3 cm³/mol. The Bertz CT molecular complexity index is 238. The van der Waals surface area contributed by atoms with Gasteiger partial charge in [0, 0.05) is 5.92 Å². The average molecular weight is 233 g/mol. The standard InChI is InChI=1S/C11H20FNO3/c1-5-8(4)11(12,9(13)15-6-2)10(14)16-7-3/h8,13H,5-7H2,1-4H3/t8-,11-/m1/s1. The summed E-state index contributed by atoms with van der Waals surface area (Å²) in [4.78, 5) is 11.6. The van der Waals surface area contributed by atoms with Crippen LogP contribution in [0.4, 0.5) is 4.39 Å². The van der Waals surface area contributed by atoms with Crippen molar-refractivity contribution < 1.29 is 18.7 Å². The Kier molecular flexibility index (Phi) is 6.00. The number of rotatable bonds is 6. The van der Waals surface area contributed by atoms with Gasteiger partial charge in [0.1, 0.15) is 0 Å². The maximum absolute atomic E-state index is 14.5. The number of alkyl halides is 1. The first-order chi connectivity index (χ1) is 7.44. The Hall–Kier alpha value is -1.13. The number of esters is 1. The summed E-state index contributed by atoms with van der Waals surface area (Å²) in [6.07, 6.45) is 0.421. The zero-order valence-electron chi connectivity index (χ0n) is 10.3. The Labute approximate surface area is 95.6 Å². The number of nitrogens with one attached hydrogen (secondary N) is 1. The molecule has 0 aromatic rings. The fourth-order valence-electron chi connectivity index (χ4n) is 1.28. The number of carbonyl (C=O) groups is 1. The lowest BCUT2D eigenvalue weighted by atomic mass is 9.88. The van der Waals surface area contributed by atoms with E-state index in [1.807, 2.05) is 0 Å². The van der Waals surface area contributed by atoms with Crippen molar-refractivity contribution in [1.29, 1.82) is 5.41 Å². The molecule has 0 aromatic carbocycles. The van der Waals surface area contributed by atoms with Crippen molar-refractivity contribution in [3.63, 3.8) is 0 Å². The molecule has 0 aromatic heterocycles. The van der Waals surface area contributed by atoms with Gasteiger partial charge in [-0.25, -0.2) is 9.18 Å². The fraction of sp³-hybridized carbons (Fsp3) is 0.818. The summed E-state index contributed by atoms with van der Waals surface area (Å²) in [5.41, 5.74) is -2.47. The van der Waals surface area contributed by atoms with E-state index < -0.39 is 23.5 Å². The van der Waals surface area contributed by atoms with Gasteiger partial charge >= 0.3 is 5.97 Å². The van der Waals surface area contributed by atoms with E-state index in [1.54, 1.807) is 27.7 Å². The average Bonchev–Trinajstić information content (AvgIpc) is 2.27. The SMILES string of the molecule is CCOC(=N)[C@@](F)(C(=O)OCC)[C@H](C)CC. The second-order valence-electron chi connectivity index (χ2n) is 3.50. The maximum atomic E-state index is 14.5. The monoisotopic (exact) mass is 233 g/mol. The van der Waals surface area contributed by atoms with Crippen molar-refractivity contribution in [2.24, 2.45) is 5.92 Å². The van der Waals surface area contributed by atoms with Crippen LogP contribution in [0.3, 0.4) is 0 Å². The highest BCUT2D eigenvalue weighted by Gasteiger charge is 2.50. The third-order valence-corrected chi connectivity index (χ3v) is 2.48. The molecule has 1 N–H and O–H groups in total. The topological polar surface area (TPSA) is 59.4 Å². The molecule has 94 valence electrons. The van der Waals surface area contributed by atoms with Crippen molar-refractivity contribution in [3.05, 3.63) is 0 Å². The molecule has 0 heterocycles. The number of hydrogen-bond donors (Lipinski definition) is 1. The predicted octanol–water partition coefficient (Wildman–Crippen LogP) is 2.32. The minimum atomic E-state index is -2.47. The van der Waals surface area contributed by atoms with Gasteiger partial charge in [-0.15, -0.1) is 0 Å². The first-order valence-corrected chi connectivity index (χ1v) is 5.52. The molecule has 0 aliphatic rings. The normalized spacial score (nSPS) is 16.1. The molecule has 0 aliphatic heterocycles. The van der Waals surface area contributed by atoms with Gasteiger partial charge in [0.15, 0.2) is 0 Å². The minimum absolute atomic E-state index is 0.0837. The minimum Gasteiger partial charge on any atom is -0.479 e. The Morgan fingerprint density at radius 2 is 1.81 bits per heavy atom. The van der Waals surface area contributed by atoms with Crippen LogP contribution in [0.1, 0.15) is 34.1 Å². The molecule has 0 fully saturated rings. The van der Waals surface area contributed by atoms with Gasteiger partial charge in [-0.1, -0.05) is 13.8 Å². The van der Waals surface area contributed by atoms with E-state index in [9.17, 15) is 9.18 Å². The van der Waals surface area contributed by atoms with E-state index in [-0.39, 0.29) is 13.2 Å². The third kappa shape index (κ3) is 2.93. The highest BCUT2D eigenvalue weighted by Crippen LogP contribution is 2.28. The lowest BCUT2D eigenvalue weighted by Crippen LogP contribution is -2.49. The summed E-state index contributed by atoms with van der Waals surface area (Å²) in [7, 11) is 0. The number of carbonyl (C=O) groups excluding carboxylic acids is 1. The number of ether oxygens (including phenoxy) is 2. The second-order valence-corrected chi connectivity index (χ2v) is 3.50. The zero-order chi connectivity index (χ0) is 12.8. The molecule has 0 saturated carbocycles. The van der Waals surface area contributed by atoms with Gasteiger partial charge < -0.3 is 9.47 Å². The number of halogens is 1. The van der Waals surface area contributed by atoms with E-state index in [0.717, 1.165) is 0 Å². The molecule has 0 saturated heterocycles. The van der Waals surface area contributed by atoms with Crippen molar-refractivity contribution >= 4 is 11.9 Å². The molecule has 5 heteroatoms. The highest BCUT2D eigenvalue weighted by molar-refractivity contribution is 6.05. The van der Waals surface area contributed by atoms with E-state index in [4.69, 9.17) is 10.1 Å². The van der Waals surface area contributed by atoms with Crippen LogP contribution in [0.2, 0.25) is 0 Å². The third-order valence-electron chi connectivity index (χ3n) is 2.48. The molecular weight excluding hydrogens is 213 g/mol. The van der Waals surface area contributed by atoms with Crippen LogP contribution in [-0.4, -0.2) is 30.7 Å². The second kappa shape index (κ2) is 6.45. The quantitative estimate of drug-likeness (QED) is 0.435. The van der Waals surface area contributed by atoms with Gasteiger partial charge in [-0.05, 0) is 20.3 Å². The molecule has 0 amide bonds. The molecule has 16 heavy (non-hydrogen) atoms. The Balaban J connectivity index is 5.02. The molecule has 0 bridgehead atoms. The van der Waals surface area contributed by atoms with Crippen LogP contribution in [0.25, 0.3) is 0 Å². The van der Waals surface area contributed by atoms with E-state index >= 15 is 0 Å². The van der Waals surface area contributed by atoms with Crippen LogP contribution in [-0.2, 0) is 14.3 Å². The molecular formula is C11H20FNO3. The summed E-state index contributed by atoms with van der Waals surface area (Å²) in [6, 6.07) is 0. The molecule has 2 atom stereocenters. The smallest absolute Gasteiger partial charge is 0.354 e. The molecule has 0 aliphatic carbocycles. The summed E-state index contributed by atoms with van der Waals surface area (Å²) in [5, 5.41) is 7.49. The largest absolute Gasteiger partial charge is 0.479 e. The van der Waals surface area contributed by atoms with Crippen LogP contribution < -0.4 is 0 Å². The number of hydrogen-bond acceptors (Lipinski definition) is 4. The molecule has 0 rings (SSSR count). The molecule has 4 nitrogen and oxygen atoms in total. The van der Waals surface area contributed by atoms with Crippen LogP contribution in [0.15, 0.2) is 0 Å². The van der Waals surface area contributed by atoms with Gasteiger partial charge in [0.2, 0.25) is 5.90 Å². The first kappa shape index (κ1) is 14.9. The molecule has 0 spiro atoms. The molecule has 0 unspecified atom stereocenters. The Morgan fingerprint density at radius 3 is 2.19 bits per heavy atom. The maximum Gasteiger partial charge on any atom is 0.354 e. The Morgan fingerprint density at radius 1 is 1.31 bits per heavy atom. The summed E-state index contributed by atoms with van der Waals surface area (Å²) >= 11 is 0. The van der Waals surface area contributed by atoms with Crippen LogP contribution in [0.5, 0.6) is 0 Å². The summed E-state index contributed by atoms with van der Waals surface area (Å²) in [6.45, 7) is 6.78. The van der Waals surface area contributed by atoms with Crippen LogP contribution in [0, 0.1) is 11.3 Å². The van der Waals surface area contributed by atoms with Crippen molar-refractivity contribution in [1.82, 2.24) is 0 Å². The summed E-state index contributed by atoms with van der Waals surface area (Å²) < 4.78 is 24.0. The van der Waals surface area contributed by atoms with Crippen molar-refractivity contribution in [3.8, 4) is 0 Å². The first-order valence-electron chi connectivity index (χ1n) is 5.52. The van der Waals surface area contributed by atoms with Gasteiger partial charge in [-0.3, -0.25) is 5.41 Å². The molecule has 0 radical (unpaired) electrons. The lowest BCUT2D eigenvalue weighted by Gasteiger charge is -2.28. The highest BCUT2D eigenvalue weighted by atomic mass is 19.1. The zero-order valence-corrected chi connectivity index (χ0v) is 10.3. The van der Waals surface area contributed by atoms with E-state index in [1.165, 1.54) is 0 Å². The van der Waals surface area contributed by atoms with Gasteiger partial charge in [0.05, 0.1) is 13.2 Å². The van der Waals surface area contributed by atoms with E-state index in [2.05, 4.69) is 4.74 Å². The van der Waals surface area contributed by atoms with Crippen molar-refractivity contribution in [2.45, 2.75) is 39.8 Å². The fourth-order valence-corrected chi connectivity index (χ4v) is 1.28. The lowest BCUT2D eigenvalue weighted by molar-refractivity contribution is -0.156. The van der Waals surface area contributed by atoms with Crippen LogP contribution >= 0.6 is 0 Å². The summed E-state index contributed by atoms with van der Waals surface area (Å²) in [5.74, 6) is -2.35.